The first-order valence-electron chi connectivity index (χ1n) is 7.85. The fraction of sp³-hybridized carbons (Fsp3) is 0.867. The van der Waals surface area contributed by atoms with Crippen molar-refractivity contribution in [2.45, 2.75) is 40.0 Å². The molecule has 6 nitrogen and oxygen atoms in total. The molecule has 0 bridgehead atoms. The normalized spacial score (nSPS) is 15.1. The molecule has 7 heteroatoms. The van der Waals surface area contributed by atoms with Gasteiger partial charge in [0.1, 0.15) is 0 Å². The Kier molecular flexibility index (Phi) is 10.8. The number of aliphatic imine (C=N–C) groups is 1. The summed E-state index contributed by atoms with van der Waals surface area (Å²) in [6.07, 6.45) is 3.59. The maximum Gasteiger partial charge on any atom is 0.224 e. The highest BCUT2D eigenvalue weighted by Crippen LogP contribution is 2.28. The number of primary amides is 1. The molecule has 22 heavy (non-hydrogen) atoms. The average molecular weight is 426 g/mol. The molecule has 0 spiro atoms. The summed E-state index contributed by atoms with van der Waals surface area (Å²) in [5.41, 5.74) is 4.72. The van der Waals surface area contributed by atoms with Gasteiger partial charge in [0.25, 0.3) is 0 Å². The van der Waals surface area contributed by atoms with Crippen LogP contribution in [-0.2, 0) is 9.53 Å². The third kappa shape index (κ3) is 9.45. The van der Waals surface area contributed by atoms with Crippen molar-refractivity contribution in [1.29, 1.82) is 0 Å². The fourth-order valence-corrected chi connectivity index (χ4v) is 1.61. The molecule has 130 valence electrons. The lowest BCUT2D eigenvalue weighted by Gasteiger charge is -2.19. The summed E-state index contributed by atoms with van der Waals surface area (Å²) < 4.78 is 5.58. The zero-order valence-corrected chi connectivity index (χ0v) is 16.3. The Hall–Kier alpha value is -0.570. The van der Waals surface area contributed by atoms with Crippen LogP contribution in [0, 0.1) is 11.3 Å². The van der Waals surface area contributed by atoms with Crippen LogP contribution in [0.25, 0.3) is 0 Å². The molecule has 1 aliphatic rings. The van der Waals surface area contributed by atoms with Gasteiger partial charge in [-0.05, 0) is 46.0 Å². The first-order valence-corrected chi connectivity index (χ1v) is 7.85. The Labute approximate surface area is 151 Å². The van der Waals surface area contributed by atoms with Crippen molar-refractivity contribution in [3.63, 3.8) is 0 Å². The molecular weight excluding hydrogens is 395 g/mol. The number of halogens is 1. The molecule has 0 aromatic carbocycles. The number of ether oxygens (including phenoxy) is 1. The van der Waals surface area contributed by atoms with E-state index in [-0.39, 0.29) is 29.9 Å². The summed E-state index contributed by atoms with van der Waals surface area (Å²) in [6.45, 7) is 9.23. The van der Waals surface area contributed by atoms with Crippen molar-refractivity contribution >= 4 is 35.8 Å². The molecule has 0 aliphatic heterocycles. The number of hydrogen-bond acceptors (Lipinski definition) is 3. The van der Waals surface area contributed by atoms with Crippen LogP contribution in [0.2, 0.25) is 0 Å². The SMILES string of the molecule is CCNC(=NCC(C)(C)C(N)=O)NCCCOCC1CC1.I. The molecule has 0 heterocycles. The van der Waals surface area contributed by atoms with E-state index in [2.05, 4.69) is 15.6 Å². The summed E-state index contributed by atoms with van der Waals surface area (Å²) in [6, 6.07) is 0. The third-order valence-electron chi connectivity index (χ3n) is 3.45. The largest absolute Gasteiger partial charge is 0.381 e. The summed E-state index contributed by atoms with van der Waals surface area (Å²) in [4.78, 5) is 15.7. The minimum atomic E-state index is -0.629. The van der Waals surface area contributed by atoms with Crippen molar-refractivity contribution in [3.05, 3.63) is 0 Å². The van der Waals surface area contributed by atoms with E-state index in [9.17, 15) is 4.79 Å². The second-order valence-corrected chi connectivity index (χ2v) is 6.24. The van der Waals surface area contributed by atoms with Gasteiger partial charge in [-0.2, -0.15) is 0 Å². The maximum atomic E-state index is 11.3. The number of nitrogens with one attached hydrogen (secondary N) is 2. The Balaban J connectivity index is 0.00000441. The van der Waals surface area contributed by atoms with Crippen molar-refractivity contribution in [1.82, 2.24) is 10.6 Å². The van der Waals surface area contributed by atoms with Gasteiger partial charge >= 0.3 is 0 Å². The van der Waals surface area contributed by atoms with Crippen LogP contribution >= 0.6 is 24.0 Å². The molecule has 1 amide bonds. The van der Waals surface area contributed by atoms with E-state index in [0.29, 0.717) is 12.5 Å². The van der Waals surface area contributed by atoms with Crippen LogP contribution in [-0.4, -0.2) is 44.7 Å². The number of nitrogens with zero attached hydrogens (tertiary/aromatic N) is 1. The van der Waals surface area contributed by atoms with E-state index in [0.717, 1.165) is 38.6 Å². The third-order valence-corrected chi connectivity index (χ3v) is 3.45. The molecule has 1 rings (SSSR count). The number of hydrogen-bond donors (Lipinski definition) is 3. The number of carbonyl (C=O) groups is 1. The molecule has 0 atom stereocenters. The predicted octanol–water partition coefficient (Wildman–Crippen LogP) is 1.49. The van der Waals surface area contributed by atoms with Crippen LogP contribution in [0.3, 0.4) is 0 Å². The van der Waals surface area contributed by atoms with E-state index in [4.69, 9.17) is 10.5 Å². The summed E-state index contributed by atoms with van der Waals surface area (Å²) in [5.74, 6) is 1.19. The molecular formula is C15H31IN4O2. The van der Waals surface area contributed by atoms with Crippen LogP contribution in [0.15, 0.2) is 4.99 Å². The molecule has 0 radical (unpaired) electrons. The quantitative estimate of drug-likeness (QED) is 0.214. The maximum absolute atomic E-state index is 11.3. The first kappa shape index (κ1) is 21.4. The Morgan fingerprint density at radius 1 is 1.36 bits per heavy atom. The number of rotatable bonds is 10. The van der Waals surface area contributed by atoms with Gasteiger partial charge < -0.3 is 21.1 Å². The predicted molar refractivity (Wildman–Crippen MR) is 101 cm³/mol. The second-order valence-electron chi connectivity index (χ2n) is 6.24. The number of guanidine groups is 1. The Bertz CT molecular complexity index is 357. The molecule has 1 saturated carbocycles. The Morgan fingerprint density at radius 3 is 2.59 bits per heavy atom. The van der Waals surface area contributed by atoms with Crippen molar-refractivity contribution in [2.24, 2.45) is 22.1 Å². The molecule has 0 unspecified atom stereocenters. The first-order chi connectivity index (χ1) is 9.95. The zero-order valence-electron chi connectivity index (χ0n) is 14.0. The minimum absolute atomic E-state index is 0. The minimum Gasteiger partial charge on any atom is -0.381 e. The van der Waals surface area contributed by atoms with Gasteiger partial charge in [-0.15, -0.1) is 24.0 Å². The molecule has 0 aromatic rings. The lowest BCUT2D eigenvalue weighted by atomic mass is 9.93. The smallest absolute Gasteiger partial charge is 0.224 e. The number of carbonyl (C=O) groups excluding carboxylic acids is 1. The number of nitrogens with two attached hydrogens (primary N) is 1. The van der Waals surface area contributed by atoms with E-state index in [1.165, 1.54) is 12.8 Å². The summed E-state index contributed by atoms with van der Waals surface area (Å²) >= 11 is 0. The van der Waals surface area contributed by atoms with E-state index < -0.39 is 5.41 Å². The molecule has 0 aromatic heterocycles. The summed E-state index contributed by atoms with van der Waals surface area (Å²) in [7, 11) is 0. The second kappa shape index (κ2) is 11.0. The van der Waals surface area contributed by atoms with Gasteiger partial charge in [0.05, 0.1) is 12.0 Å². The number of amides is 1. The van der Waals surface area contributed by atoms with E-state index in [1.54, 1.807) is 13.8 Å². The van der Waals surface area contributed by atoms with Gasteiger partial charge in [0.2, 0.25) is 5.91 Å². The fourth-order valence-electron chi connectivity index (χ4n) is 1.61. The molecule has 1 aliphatic carbocycles. The van der Waals surface area contributed by atoms with Crippen molar-refractivity contribution in [2.75, 3.05) is 32.8 Å². The van der Waals surface area contributed by atoms with Crippen molar-refractivity contribution in [3.8, 4) is 0 Å². The summed E-state index contributed by atoms with van der Waals surface area (Å²) in [5, 5.41) is 6.40. The van der Waals surface area contributed by atoms with Crippen LogP contribution in [0.1, 0.15) is 40.0 Å². The average Bonchev–Trinajstić information content (AvgIpc) is 3.23. The van der Waals surface area contributed by atoms with Crippen LogP contribution in [0.4, 0.5) is 0 Å². The molecule has 1 fully saturated rings. The van der Waals surface area contributed by atoms with Gasteiger partial charge in [0.15, 0.2) is 5.96 Å². The van der Waals surface area contributed by atoms with Gasteiger partial charge in [0, 0.05) is 26.3 Å². The van der Waals surface area contributed by atoms with Gasteiger partial charge in [-0.1, -0.05) is 0 Å². The zero-order chi connectivity index (χ0) is 15.7. The van der Waals surface area contributed by atoms with Crippen LogP contribution in [0.5, 0.6) is 0 Å². The highest BCUT2D eigenvalue weighted by atomic mass is 127. The molecule has 4 N–H and O–H groups in total. The van der Waals surface area contributed by atoms with E-state index >= 15 is 0 Å². The highest BCUT2D eigenvalue weighted by Gasteiger charge is 2.24. The van der Waals surface area contributed by atoms with Gasteiger partial charge in [-0.3, -0.25) is 9.79 Å². The Morgan fingerprint density at radius 2 is 2.05 bits per heavy atom. The lowest BCUT2D eigenvalue weighted by Crippen LogP contribution is -2.40. The van der Waals surface area contributed by atoms with E-state index in [1.807, 2.05) is 6.92 Å². The lowest BCUT2D eigenvalue weighted by molar-refractivity contribution is -0.125. The standard InChI is InChI=1S/C15H30N4O2.HI/c1-4-17-14(19-11-15(2,3)13(16)20)18-8-5-9-21-10-12-6-7-12;/h12H,4-11H2,1-3H3,(H2,16,20)(H2,17,18,19);1H. The monoisotopic (exact) mass is 426 g/mol. The topological polar surface area (TPSA) is 88.7 Å². The van der Waals surface area contributed by atoms with Crippen LogP contribution < -0.4 is 16.4 Å². The highest BCUT2D eigenvalue weighted by molar-refractivity contribution is 14.0. The molecule has 0 saturated heterocycles. The van der Waals surface area contributed by atoms with Gasteiger partial charge in [-0.25, -0.2) is 0 Å². The van der Waals surface area contributed by atoms with Crippen molar-refractivity contribution < 1.29 is 9.53 Å².